The number of aromatic nitrogens is 4. The predicted octanol–water partition coefficient (Wildman–Crippen LogP) is 3.37. The van der Waals surface area contributed by atoms with Crippen molar-refractivity contribution in [2.75, 3.05) is 38.2 Å². The number of halogens is 2. The number of piperazine rings is 1. The summed E-state index contributed by atoms with van der Waals surface area (Å²) in [6.45, 7) is 2.96. The third-order valence-electron chi connectivity index (χ3n) is 8.20. The van der Waals surface area contributed by atoms with Gasteiger partial charge in [-0.1, -0.05) is 6.07 Å². The summed E-state index contributed by atoms with van der Waals surface area (Å²) >= 11 is 0. The molecule has 0 spiro atoms. The van der Waals surface area contributed by atoms with E-state index in [1.165, 1.54) is 18.2 Å². The molecule has 2 aromatic carbocycles. The Labute approximate surface area is 218 Å². The maximum Gasteiger partial charge on any atom is 0.319 e. The van der Waals surface area contributed by atoms with Crippen LogP contribution in [0.1, 0.15) is 25.7 Å². The molecular weight excluding hydrogens is 492 g/mol. The predicted molar refractivity (Wildman–Crippen MR) is 139 cm³/mol. The Kier molecular flexibility index (Phi) is 5.59. The van der Waals surface area contributed by atoms with Crippen LogP contribution in [0.5, 0.6) is 11.9 Å². The summed E-state index contributed by atoms with van der Waals surface area (Å²) in [5.74, 6) is -1.03. The molecule has 3 aliphatic rings. The first-order chi connectivity index (χ1) is 18.5. The lowest BCUT2D eigenvalue weighted by atomic mass is 10.1. The minimum absolute atomic E-state index is 0.00282. The lowest BCUT2D eigenvalue weighted by Crippen LogP contribution is -2.51. The van der Waals surface area contributed by atoms with Crippen LogP contribution in [0.15, 0.2) is 30.3 Å². The lowest BCUT2D eigenvalue weighted by Gasteiger charge is -2.34. The maximum absolute atomic E-state index is 16.3. The van der Waals surface area contributed by atoms with Crippen LogP contribution in [0.3, 0.4) is 0 Å². The molecule has 2 N–H and O–H groups in total. The van der Waals surface area contributed by atoms with Crippen molar-refractivity contribution < 1.29 is 18.6 Å². The van der Waals surface area contributed by atoms with Crippen molar-refractivity contribution in [3.05, 3.63) is 42.0 Å². The van der Waals surface area contributed by atoms with Crippen LogP contribution in [-0.2, 0) is 0 Å². The van der Waals surface area contributed by atoms with Crippen LogP contribution in [0.2, 0.25) is 0 Å². The van der Waals surface area contributed by atoms with Crippen LogP contribution in [0.4, 0.5) is 14.6 Å². The fourth-order valence-corrected chi connectivity index (χ4v) is 6.20. The molecular formula is C27H29F2N7O2. The molecule has 5 heterocycles. The molecule has 198 valence electrons. The van der Waals surface area contributed by atoms with Crippen molar-refractivity contribution in [1.82, 2.24) is 30.0 Å². The molecule has 0 aliphatic carbocycles. The zero-order valence-corrected chi connectivity index (χ0v) is 21.1. The molecule has 2 aromatic heterocycles. The van der Waals surface area contributed by atoms with Gasteiger partial charge < -0.3 is 25.0 Å². The molecule has 9 nitrogen and oxygen atoms in total. The Morgan fingerprint density at radius 2 is 1.87 bits per heavy atom. The second kappa shape index (κ2) is 9.02. The SMILES string of the molecule is CN1CCC[C@H]1COc1nc(N2C[C@H]3CC[C@@H](C2)N3)c2ccc(-n3nc(O)c4cccc(F)c43)c(F)c2n1. The Hall–Kier alpha value is -3.57. The number of benzene rings is 2. The van der Waals surface area contributed by atoms with E-state index in [9.17, 15) is 9.50 Å². The van der Waals surface area contributed by atoms with Gasteiger partial charge in [0.05, 0.1) is 5.39 Å². The number of rotatable bonds is 5. The highest BCUT2D eigenvalue weighted by atomic mass is 19.1. The molecule has 0 saturated carbocycles. The molecule has 7 rings (SSSR count). The van der Waals surface area contributed by atoms with E-state index in [4.69, 9.17) is 9.72 Å². The number of likely N-dealkylation sites (N-methyl/N-ethyl adjacent to an activating group) is 1. The van der Waals surface area contributed by atoms with Gasteiger partial charge >= 0.3 is 6.01 Å². The van der Waals surface area contributed by atoms with Crippen LogP contribution in [-0.4, -0.2) is 81.2 Å². The van der Waals surface area contributed by atoms with Crippen LogP contribution in [0.25, 0.3) is 27.5 Å². The summed E-state index contributed by atoms with van der Waals surface area (Å²) in [4.78, 5) is 13.7. The fourth-order valence-electron chi connectivity index (χ4n) is 6.20. The highest BCUT2D eigenvalue weighted by Gasteiger charge is 2.34. The van der Waals surface area contributed by atoms with Crippen molar-refractivity contribution in [2.24, 2.45) is 0 Å². The van der Waals surface area contributed by atoms with Crippen LogP contribution in [0, 0.1) is 11.6 Å². The second-order valence-corrected chi connectivity index (χ2v) is 10.6. The minimum Gasteiger partial charge on any atom is -0.492 e. The van der Waals surface area contributed by atoms with Gasteiger partial charge in [-0.05, 0) is 63.5 Å². The quantitative estimate of drug-likeness (QED) is 0.413. The van der Waals surface area contributed by atoms with Gasteiger partial charge in [0.2, 0.25) is 5.88 Å². The van der Waals surface area contributed by atoms with E-state index in [0.717, 1.165) is 50.0 Å². The van der Waals surface area contributed by atoms with Gasteiger partial charge in [-0.3, -0.25) is 0 Å². The highest BCUT2D eigenvalue weighted by molar-refractivity contribution is 5.93. The van der Waals surface area contributed by atoms with Crippen LogP contribution >= 0.6 is 0 Å². The van der Waals surface area contributed by atoms with E-state index >= 15 is 4.39 Å². The van der Waals surface area contributed by atoms with Crippen LogP contribution < -0.4 is 15.0 Å². The van der Waals surface area contributed by atoms with E-state index in [0.29, 0.717) is 29.9 Å². The molecule has 0 unspecified atom stereocenters. The third kappa shape index (κ3) is 3.83. The molecule has 11 heteroatoms. The monoisotopic (exact) mass is 521 g/mol. The van der Waals surface area contributed by atoms with Crippen molar-refractivity contribution in [1.29, 1.82) is 0 Å². The zero-order valence-electron chi connectivity index (χ0n) is 21.1. The summed E-state index contributed by atoms with van der Waals surface area (Å²) in [5, 5.41) is 18.7. The van der Waals surface area contributed by atoms with Crippen molar-refractivity contribution in [3.63, 3.8) is 0 Å². The van der Waals surface area contributed by atoms with Gasteiger partial charge in [-0.2, -0.15) is 9.97 Å². The van der Waals surface area contributed by atoms with E-state index in [-0.39, 0.29) is 40.0 Å². The van der Waals surface area contributed by atoms with E-state index in [2.05, 4.69) is 32.2 Å². The first-order valence-electron chi connectivity index (χ1n) is 13.2. The largest absolute Gasteiger partial charge is 0.492 e. The molecule has 3 aliphatic heterocycles. The van der Waals surface area contributed by atoms with Crippen molar-refractivity contribution in [3.8, 4) is 17.6 Å². The third-order valence-corrected chi connectivity index (χ3v) is 8.20. The van der Waals surface area contributed by atoms with Gasteiger partial charge in [0.1, 0.15) is 35.0 Å². The first-order valence-corrected chi connectivity index (χ1v) is 13.2. The van der Waals surface area contributed by atoms with Gasteiger partial charge in [-0.15, -0.1) is 5.10 Å². The second-order valence-electron chi connectivity index (χ2n) is 10.6. The summed E-state index contributed by atoms with van der Waals surface area (Å²) in [6, 6.07) is 8.65. The van der Waals surface area contributed by atoms with E-state index in [1.807, 2.05) is 0 Å². The standard InChI is InChI=1S/C27H29F2N7O2/c1-34-11-3-4-17(34)14-38-27-31-23-18(25(32-27)35-12-15-7-8-16(13-35)30-15)9-10-21(22(23)29)36-24-19(26(37)33-36)5-2-6-20(24)28/h2,5-6,9-10,15-17,30H,3-4,7-8,11-14H2,1H3,(H,33,37)/t15-,16+,17-/m0/s1. The number of anilines is 1. The zero-order chi connectivity index (χ0) is 26.0. The molecule has 3 atom stereocenters. The Balaban J connectivity index is 1.36. The molecule has 38 heavy (non-hydrogen) atoms. The lowest BCUT2D eigenvalue weighted by molar-refractivity contribution is 0.188. The van der Waals surface area contributed by atoms with Gasteiger partial charge in [0.15, 0.2) is 5.82 Å². The van der Waals surface area contributed by atoms with E-state index in [1.54, 1.807) is 12.1 Å². The Morgan fingerprint density at radius 3 is 2.63 bits per heavy atom. The Bertz CT molecular complexity index is 1530. The van der Waals surface area contributed by atoms with Crippen molar-refractivity contribution in [2.45, 2.75) is 43.8 Å². The number of hydrogen-bond donors (Lipinski definition) is 2. The molecule has 0 radical (unpaired) electrons. The number of aromatic hydroxyl groups is 1. The molecule has 3 fully saturated rings. The smallest absolute Gasteiger partial charge is 0.319 e. The normalized spacial score (nSPS) is 23.7. The average molecular weight is 522 g/mol. The topological polar surface area (TPSA) is 91.6 Å². The maximum atomic E-state index is 16.3. The Morgan fingerprint density at radius 1 is 1.05 bits per heavy atom. The first kappa shape index (κ1) is 23.5. The molecule has 2 bridgehead atoms. The number of hydrogen-bond acceptors (Lipinski definition) is 8. The van der Waals surface area contributed by atoms with Gasteiger partial charge in [0.25, 0.3) is 0 Å². The number of para-hydroxylation sites is 1. The summed E-state index contributed by atoms with van der Waals surface area (Å²) < 4.78 is 38.2. The molecule has 4 aromatic rings. The molecule has 3 saturated heterocycles. The summed E-state index contributed by atoms with van der Waals surface area (Å²) in [5.41, 5.74) is 0.0593. The number of ether oxygens (including phenoxy) is 1. The van der Waals surface area contributed by atoms with Crippen molar-refractivity contribution >= 4 is 27.6 Å². The summed E-state index contributed by atoms with van der Waals surface area (Å²) in [6.07, 6.45) is 4.33. The minimum atomic E-state index is -0.681. The number of fused-ring (bicyclic) bond motifs is 4. The highest BCUT2D eigenvalue weighted by Crippen LogP contribution is 2.35. The average Bonchev–Trinajstić information content (AvgIpc) is 3.59. The fraction of sp³-hybridized carbons (Fsp3) is 0.444. The van der Waals surface area contributed by atoms with Gasteiger partial charge in [-0.25, -0.2) is 13.5 Å². The van der Waals surface area contributed by atoms with E-state index < -0.39 is 11.6 Å². The number of nitrogens with one attached hydrogen (secondary N) is 1. The summed E-state index contributed by atoms with van der Waals surface area (Å²) in [7, 11) is 2.07. The number of nitrogens with zero attached hydrogens (tertiary/aromatic N) is 6. The number of likely N-dealkylation sites (tertiary alicyclic amines) is 1. The van der Waals surface area contributed by atoms with Gasteiger partial charge in [0, 0.05) is 36.6 Å². The molecule has 0 amide bonds.